The Hall–Kier alpha value is -2.32. The molecule has 0 aliphatic carbocycles. The Balaban J connectivity index is 4.51. The first kappa shape index (κ1) is 21.7. The molecule has 0 aromatic heterocycles. The summed E-state index contributed by atoms with van der Waals surface area (Å²) in [7, 11) is 0. The molecular weight excluding hydrogens is 318 g/mol. The van der Waals surface area contributed by atoms with Crippen LogP contribution in [0.3, 0.4) is 0 Å². The zero-order valence-electron chi connectivity index (χ0n) is 14.8. The highest BCUT2D eigenvalue weighted by Crippen LogP contribution is 2.06. The van der Waals surface area contributed by atoms with Crippen molar-refractivity contribution in [2.24, 2.45) is 5.92 Å². The molecule has 0 aromatic rings. The third-order valence-electron chi connectivity index (χ3n) is 2.56. The molecule has 0 bridgehead atoms. The van der Waals surface area contributed by atoms with E-state index in [4.69, 9.17) is 9.84 Å². The van der Waals surface area contributed by atoms with E-state index in [2.05, 4.69) is 16.0 Å². The second-order valence-corrected chi connectivity index (χ2v) is 6.72. The third-order valence-corrected chi connectivity index (χ3v) is 2.56. The lowest BCUT2D eigenvalue weighted by molar-refractivity contribution is -0.138. The molecular formula is C15H27N3O6. The van der Waals surface area contributed by atoms with Crippen molar-refractivity contribution in [3.8, 4) is 0 Å². The fraction of sp³-hybridized carbons (Fsp3) is 0.733. The van der Waals surface area contributed by atoms with Gasteiger partial charge >= 0.3 is 12.1 Å². The molecule has 0 aliphatic heterocycles. The Morgan fingerprint density at radius 1 is 1.04 bits per heavy atom. The molecule has 9 heteroatoms. The summed E-state index contributed by atoms with van der Waals surface area (Å²) in [6.45, 7) is 7.93. The summed E-state index contributed by atoms with van der Waals surface area (Å²) < 4.78 is 5.00. The van der Waals surface area contributed by atoms with Gasteiger partial charge < -0.3 is 25.8 Å². The van der Waals surface area contributed by atoms with Crippen molar-refractivity contribution >= 4 is 23.9 Å². The van der Waals surface area contributed by atoms with E-state index in [1.54, 1.807) is 20.8 Å². The highest BCUT2D eigenvalue weighted by Gasteiger charge is 2.23. The van der Waals surface area contributed by atoms with Crippen LogP contribution in [0.2, 0.25) is 0 Å². The molecule has 0 rings (SSSR count). The second kappa shape index (κ2) is 9.74. The minimum atomic E-state index is -1.18. The fourth-order valence-electron chi connectivity index (χ4n) is 1.70. The van der Waals surface area contributed by atoms with Crippen LogP contribution < -0.4 is 16.0 Å². The molecule has 3 amide bonds. The zero-order valence-corrected chi connectivity index (χ0v) is 14.8. The van der Waals surface area contributed by atoms with Crippen LogP contribution in [0.1, 0.15) is 41.0 Å². The average molecular weight is 345 g/mol. The van der Waals surface area contributed by atoms with Gasteiger partial charge in [-0.1, -0.05) is 13.8 Å². The van der Waals surface area contributed by atoms with Gasteiger partial charge in [-0.3, -0.25) is 14.4 Å². The Kier molecular flexibility index (Phi) is 8.80. The normalized spacial score (nSPS) is 12.2. The van der Waals surface area contributed by atoms with E-state index in [1.807, 2.05) is 13.8 Å². The minimum Gasteiger partial charge on any atom is -0.480 e. The summed E-state index contributed by atoms with van der Waals surface area (Å²) in [6.07, 6.45) is -0.405. The van der Waals surface area contributed by atoms with E-state index < -0.39 is 42.1 Å². The highest BCUT2D eigenvalue weighted by molar-refractivity contribution is 5.90. The maximum absolute atomic E-state index is 11.9. The van der Waals surface area contributed by atoms with Crippen molar-refractivity contribution in [3.63, 3.8) is 0 Å². The van der Waals surface area contributed by atoms with Crippen molar-refractivity contribution in [3.05, 3.63) is 0 Å². The predicted molar refractivity (Wildman–Crippen MR) is 86.3 cm³/mol. The fourth-order valence-corrected chi connectivity index (χ4v) is 1.70. The number of nitrogens with one attached hydrogen (secondary N) is 3. The molecule has 24 heavy (non-hydrogen) atoms. The number of carbonyl (C=O) groups is 4. The highest BCUT2D eigenvalue weighted by atomic mass is 16.6. The van der Waals surface area contributed by atoms with Crippen LogP contribution in [0.15, 0.2) is 0 Å². The van der Waals surface area contributed by atoms with Crippen molar-refractivity contribution in [2.45, 2.75) is 52.7 Å². The third kappa shape index (κ3) is 11.3. The standard InChI is InChI=1S/C15H27N3O6/c1-9(2)6-10(13(22)16-8-12(20)21)18-11(19)7-17-14(23)24-15(3,4)5/h9-10H,6-8H2,1-5H3,(H,16,22)(H,17,23)(H,18,19)(H,20,21)/t10-/m1/s1. The van der Waals surface area contributed by atoms with Gasteiger partial charge in [0.1, 0.15) is 24.7 Å². The lowest BCUT2D eigenvalue weighted by Crippen LogP contribution is -2.51. The number of amides is 3. The van der Waals surface area contributed by atoms with E-state index in [9.17, 15) is 19.2 Å². The molecule has 0 radical (unpaired) electrons. The van der Waals surface area contributed by atoms with Gasteiger partial charge in [0.25, 0.3) is 0 Å². The van der Waals surface area contributed by atoms with Crippen LogP contribution in [0, 0.1) is 5.92 Å². The molecule has 0 unspecified atom stereocenters. The minimum absolute atomic E-state index is 0.102. The average Bonchev–Trinajstić information content (AvgIpc) is 2.39. The lowest BCUT2D eigenvalue weighted by atomic mass is 10.0. The summed E-state index contributed by atoms with van der Waals surface area (Å²) in [6, 6.07) is -0.878. The number of hydrogen-bond acceptors (Lipinski definition) is 5. The van der Waals surface area contributed by atoms with Gasteiger partial charge in [-0.2, -0.15) is 0 Å². The van der Waals surface area contributed by atoms with E-state index in [0.717, 1.165) is 0 Å². The Morgan fingerprint density at radius 3 is 2.08 bits per heavy atom. The van der Waals surface area contributed by atoms with Gasteiger partial charge in [-0.15, -0.1) is 0 Å². The molecule has 0 saturated heterocycles. The Labute approximate surface area is 141 Å². The van der Waals surface area contributed by atoms with Crippen molar-refractivity contribution < 1.29 is 29.0 Å². The van der Waals surface area contributed by atoms with E-state index >= 15 is 0 Å². The van der Waals surface area contributed by atoms with Crippen LogP contribution in [-0.2, 0) is 19.1 Å². The molecule has 0 aliphatic rings. The summed E-state index contributed by atoms with van der Waals surface area (Å²) in [5.74, 6) is -2.23. The summed E-state index contributed by atoms with van der Waals surface area (Å²) in [5.41, 5.74) is -0.683. The number of carboxylic acid groups (broad SMARTS) is 1. The number of carbonyl (C=O) groups excluding carboxylic acids is 3. The number of aliphatic carboxylic acids is 1. The van der Waals surface area contributed by atoms with Crippen LogP contribution in [-0.4, -0.2) is 53.7 Å². The molecule has 0 heterocycles. The first-order chi connectivity index (χ1) is 10.9. The van der Waals surface area contributed by atoms with Crippen LogP contribution in [0.25, 0.3) is 0 Å². The van der Waals surface area contributed by atoms with Gasteiger partial charge in [0.15, 0.2) is 0 Å². The maximum atomic E-state index is 11.9. The number of ether oxygens (including phenoxy) is 1. The molecule has 0 spiro atoms. The van der Waals surface area contributed by atoms with Crippen molar-refractivity contribution in [2.75, 3.05) is 13.1 Å². The van der Waals surface area contributed by atoms with Crippen LogP contribution in [0.5, 0.6) is 0 Å². The Morgan fingerprint density at radius 2 is 1.62 bits per heavy atom. The molecule has 1 atom stereocenters. The summed E-state index contributed by atoms with van der Waals surface area (Å²) in [4.78, 5) is 45.8. The smallest absolute Gasteiger partial charge is 0.408 e. The number of rotatable bonds is 8. The molecule has 138 valence electrons. The van der Waals surface area contributed by atoms with Gasteiger partial charge in [0.05, 0.1) is 0 Å². The Bertz CT molecular complexity index is 470. The van der Waals surface area contributed by atoms with Gasteiger partial charge in [0.2, 0.25) is 11.8 Å². The van der Waals surface area contributed by atoms with Crippen LogP contribution in [0.4, 0.5) is 4.79 Å². The SMILES string of the molecule is CC(C)C[C@@H](NC(=O)CNC(=O)OC(C)(C)C)C(=O)NCC(=O)O. The number of hydrogen-bond donors (Lipinski definition) is 4. The van der Waals surface area contributed by atoms with E-state index in [-0.39, 0.29) is 12.5 Å². The van der Waals surface area contributed by atoms with Gasteiger partial charge in [-0.25, -0.2) is 4.79 Å². The van der Waals surface area contributed by atoms with Crippen molar-refractivity contribution in [1.82, 2.24) is 16.0 Å². The molecule has 4 N–H and O–H groups in total. The molecule has 9 nitrogen and oxygen atoms in total. The quantitative estimate of drug-likeness (QED) is 0.498. The predicted octanol–water partition coefficient (Wildman–Crippen LogP) is 0.243. The van der Waals surface area contributed by atoms with Crippen molar-refractivity contribution in [1.29, 1.82) is 0 Å². The first-order valence-corrected chi connectivity index (χ1v) is 7.66. The monoisotopic (exact) mass is 345 g/mol. The summed E-state index contributed by atoms with van der Waals surface area (Å²) in [5, 5.41) is 15.6. The first-order valence-electron chi connectivity index (χ1n) is 7.66. The largest absolute Gasteiger partial charge is 0.480 e. The van der Waals surface area contributed by atoms with E-state index in [1.165, 1.54) is 0 Å². The number of alkyl carbamates (subject to hydrolysis) is 1. The second-order valence-electron chi connectivity index (χ2n) is 6.72. The summed E-state index contributed by atoms with van der Waals surface area (Å²) >= 11 is 0. The van der Waals surface area contributed by atoms with Crippen LogP contribution >= 0.6 is 0 Å². The lowest BCUT2D eigenvalue weighted by Gasteiger charge is -2.21. The molecule has 0 fully saturated rings. The van der Waals surface area contributed by atoms with Gasteiger partial charge in [0, 0.05) is 0 Å². The molecule has 0 saturated carbocycles. The van der Waals surface area contributed by atoms with Gasteiger partial charge in [-0.05, 0) is 33.1 Å². The molecule has 0 aromatic carbocycles. The zero-order chi connectivity index (χ0) is 18.9. The topological polar surface area (TPSA) is 134 Å². The van der Waals surface area contributed by atoms with E-state index in [0.29, 0.717) is 6.42 Å². The maximum Gasteiger partial charge on any atom is 0.408 e. The number of carboxylic acids is 1.